The van der Waals surface area contributed by atoms with E-state index >= 15 is 0 Å². The molecule has 0 fully saturated rings. The summed E-state index contributed by atoms with van der Waals surface area (Å²) in [6.07, 6.45) is 0. The molecule has 0 aliphatic rings. The van der Waals surface area contributed by atoms with Crippen LogP contribution in [0, 0.1) is 0 Å². The van der Waals surface area contributed by atoms with Gasteiger partial charge in [-0.25, -0.2) is 4.67 Å². The van der Waals surface area contributed by atoms with Gasteiger partial charge in [0.15, 0.2) is 0 Å². The Hall–Kier alpha value is -3.12. The molecule has 10 aromatic rings. The first-order valence-corrected chi connectivity index (χ1v) is 43.0. The van der Waals surface area contributed by atoms with Crippen LogP contribution >= 0.6 is 24.2 Å². The molecule has 414 valence electrons. The van der Waals surface area contributed by atoms with Crippen molar-refractivity contribution in [3.05, 3.63) is 247 Å². The second-order valence-corrected chi connectivity index (χ2v) is 18.0. The third-order valence-electron chi connectivity index (χ3n) is 11.2. The number of para-hydroxylation sites is 4. The van der Waals surface area contributed by atoms with Crippen molar-refractivity contribution in [1.29, 1.82) is 0 Å². The van der Waals surface area contributed by atoms with Crippen molar-refractivity contribution in [3.63, 3.8) is 0 Å². The van der Waals surface area contributed by atoms with Crippen molar-refractivity contribution >= 4 is 168 Å². The summed E-state index contributed by atoms with van der Waals surface area (Å²) in [6, 6.07) is 81.7. The fourth-order valence-electron chi connectivity index (χ4n) is 7.90. The van der Waals surface area contributed by atoms with Gasteiger partial charge >= 0.3 is 130 Å². The molecular weight excluding hydrogens is 1310 g/mol. The molecule has 0 radical (unpaired) electrons. The Kier molecular flexibility index (Phi) is 39.1. The number of rotatable bonds is 11. The minimum atomic E-state index is -3.15. The Morgan fingerprint density at radius 3 is 1.08 bits per heavy atom. The number of nitrogens with zero attached hydrogens (tertiary/aromatic N) is 2. The van der Waals surface area contributed by atoms with Crippen molar-refractivity contribution in [3.8, 4) is 22.6 Å². The molecule has 10 aromatic carbocycles. The van der Waals surface area contributed by atoms with Crippen molar-refractivity contribution in [2.45, 2.75) is 13.8 Å². The van der Waals surface area contributed by atoms with Crippen LogP contribution in [0.4, 0.5) is 34.1 Å². The standard InChI is InChI=1S/C29H23NO.C18H16BNO2.C11H9BrO.2C2H4O2.3K.HO4P.Pd/c1-31-29-21-20-26(27-14-8-9-15-28(27)29)22-16-18-25(19-17-22)30(23-10-4-2-5-11-23)24-12-6-3-7-13-24;21-19(22)15-11-13-18(14-12-15)20(16-7-3-1-4-8-16)17-9-5-2-6-10-17;1-13-11-7-6-10(12)8-4-2-3-5-9(8)11;2*1-2(3)4;;;;1-4-5(2)3;/h2-21H,1H3;1-14,21-22H;2-7H,1H3;2*1H3,(H,3,4);;;;1H;/q;;;;;;;+1;;/p-1. The van der Waals surface area contributed by atoms with E-state index in [0.717, 1.165) is 74.7 Å². The Morgan fingerprint density at radius 2 is 0.759 bits per heavy atom. The summed E-state index contributed by atoms with van der Waals surface area (Å²) in [4.78, 5) is 31.3. The molecule has 0 saturated heterocycles. The van der Waals surface area contributed by atoms with E-state index in [9.17, 15) is 10.0 Å². The molecular formula is C62H56BBrK3N2O12PPd. The summed E-state index contributed by atoms with van der Waals surface area (Å²) in [5.41, 5.74) is 9.31. The largest absolute Gasteiger partial charge is 0 e. The van der Waals surface area contributed by atoms with Crippen LogP contribution in [0.5, 0.6) is 11.5 Å². The van der Waals surface area contributed by atoms with Gasteiger partial charge in [0, 0.05) is 83.6 Å². The summed E-state index contributed by atoms with van der Waals surface area (Å²) in [5, 5.41) is 46.5. The molecule has 4 N–H and O–H groups in total. The Balaban J connectivity index is 0.000000394. The van der Waals surface area contributed by atoms with Crippen LogP contribution in [0.25, 0.3) is 32.7 Å². The third-order valence-corrected chi connectivity index (χ3v) is 12.0. The number of hydrogen-bond donors (Lipinski definition) is 4. The molecule has 0 aliphatic carbocycles. The average Bonchev–Trinajstić information content (AvgIpc) is 3.67. The maximum absolute atomic E-state index is 9.23. The van der Waals surface area contributed by atoms with Gasteiger partial charge in [0.05, 0.1) is 14.2 Å². The van der Waals surface area contributed by atoms with Crippen LogP contribution in [0.3, 0.4) is 0 Å². The van der Waals surface area contributed by atoms with Gasteiger partial charge in [-0.3, -0.25) is 9.59 Å². The number of halogens is 1. The van der Waals surface area contributed by atoms with Gasteiger partial charge in [-0.2, -0.15) is 0 Å². The smallest absolute Gasteiger partial charge is 0 e. The molecule has 0 heterocycles. The Morgan fingerprint density at radius 1 is 0.482 bits per heavy atom. The fourth-order valence-corrected chi connectivity index (χ4v) is 8.38. The molecule has 21 heteroatoms. The SMILES string of the molecule is CC(=O)O.CC(=O)O.COc1ccc(-c2ccc(N(c3ccccc3)c3ccccc3)cc2)c2ccccc12.COc1ccc(Br)c2ccccc12.O=[P+]([O-])O[O-].OB(O)c1ccc(N(c2ccccc2)c2ccccc2)cc1.[K+].[K][K].[Pd]. The summed E-state index contributed by atoms with van der Waals surface area (Å²) < 4.78 is 23.2. The minimum absolute atomic E-state index is 0. The molecule has 0 saturated carbocycles. The van der Waals surface area contributed by atoms with E-state index in [1.54, 1.807) is 26.4 Å². The van der Waals surface area contributed by atoms with Gasteiger partial charge in [-0.05, 0) is 123 Å². The van der Waals surface area contributed by atoms with Crippen molar-refractivity contribution < 1.29 is 131 Å². The first-order chi connectivity index (χ1) is 39.2. The molecule has 0 aliphatic heterocycles. The number of anilines is 6. The second kappa shape index (κ2) is 42.7. The number of methoxy groups -OCH3 is 2. The van der Waals surface area contributed by atoms with E-state index in [4.69, 9.17) is 44.0 Å². The molecule has 0 amide bonds. The number of fused-ring (bicyclic) bond motifs is 2. The van der Waals surface area contributed by atoms with E-state index < -0.39 is 27.3 Å². The number of carboxylic acid groups (broad SMARTS) is 2. The predicted molar refractivity (Wildman–Crippen MR) is 327 cm³/mol. The van der Waals surface area contributed by atoms with E-state index in [1.807, 2.05) is 115 Å². The predicted octanol–water partition coefficient (Wildman–Crippen LogP) is 9.15. The van der Waals surface area contributed by atoms with Crippen LogP contribution in [-0.4, -0.2) is 117 Å². The Labute approximate surface area is 595 Å². The zero-order valence-corrected chi connectivity index (χ0v) is 60.2. The number of aliphatic carboxylic acids is 2. The van der Waals surface area contributed by atoms with E-state index in [0.29, 0.717) is 5.46 Å². The zero-order chi connectivity index (χ0) is 59.1. The van der Waals surface area contributed by atoms with Gasteiger partial charge in [0.25, 0.3) is 11.9 Å². The summed E-state index contributed by atoms with van der Waals surface area (Å²) >= 11 is 6.00. The van der Waals surface area contributed by atoms with E-state index in [2.05, 4.69) is 146 Å². The van der Waals surface area contributed by atoms with E-state index in [1.165, 1.54) is 85.1 Å². The average molecular weight is 1370 g/mol. The zero-order valence-electron chi connectivity index (χ0n) is 46.8. The number of benzene rings is 10. The van der Waals surface area contributed by atoms with Gasteiger partial charge in [-0.1, -0.05) is 168 Å². The Bertz CT molecular complexity index is 3390. The van der Waals surface area contributed by atoms with Gasteiger partial charge in [0.2, 0.25) is 0 Å². The first kappa shape index (κ1) is 76.0. The normalized spacial score (nSPS) is 9.72. The number of ether oxygens (including phenoxy) is 2. The van der Waals surface area contributed by atoms with Crippen LogP contribution in [-0.2, 0) is 39.3 Å². The van der Waals surface area contributed by atoms with Crippen LogP contribution in [0.1, 0.15) is 13.8 Å². The minimum Gasteiger partial charge on any atom is 0 e. The van der Waals surface area contributed by atoms with Gasteiger partial charge < -0.3 is 49.7 Å². The molecule has 83 heavy (non-hydrogen) atoms. The fraction of sp³-hybridized carbons (Fsp3) is 0.0645. The summed E-state index contributed by atoms with van der Waals surface area (Å²) in [5.74, 6) is 0.147. The molecule has 0 spiro atoms. The molecule has 10 rings (SSSR count). The summed E-state index contributed by atoms with van der Waals surface area (Å²) in [6.45, 7) is 2.17. The molecule has 0 bridgehead atoms. The van der Waals surface area contributed by atoms with Crippen LogP contribution in [0.15, 0.2) is 247 Å². The molecule has 1 atom stereocenters. The van der Waals surface area contributed by atoms with Gasteiger partial charge in [-0.15, -0.1) is 0 Å². The summed E-state index contributed by atoms with van der Waals surface area (Å²) in [7, 11) is -1.19. The molecule has 0 aromatic heterocycles. The quantitative estimate of drug-likeness (QED) is 0.0412. The van der Waals surface area contributed by atoms with Crippen molar-refractivity contribution in [1.82, 2.24) is 0 Å². The van der Waals surface area contributed by atoms with Crippen molar-refractivity contribution in [2.24, 2.45) is 0 Å². The maximum atomic E-state index is 9.23. The number of hydrogen-bond acceptors (Lipinski definition) is 12. The van der Waals surface area contributed by atoms with Crippen molar-refractivity contribution in [2.75, 3.05) is 24.0 Å². The van der Waals surface area contributed by atoms with Crippen LogP contribution in [0.2, 0.25) is 0 Å². The second-order valence-electron chi connectivity index (χ2n) is 16.5. The monoisotopic (exact) mass is 1360 g/mol. The molecule has 1 unspecified atom stereocenters. The topological polar surface area (TPSA) is 212 Å². The first-order valence-electron chi connectivity index (χ1n) is 25.1. The van der Waals surface area contributed by atoms with Gasteiger partial charge in [0.1, 0.15) is 11.5 Å². The number of carbonyl (C=O) groups is 2. The number of carboxylic acids is 2. The van der Waals surface area contributed by atoms with Crippen LogP contribution < -0.4 is 86.3 Å². The third kappa shape index (κ3) is 25.6. The maximum Gasteiger partial charge on any atom is 0 e. The van der Waals surface area contributed by atoms with E-state index in [-0.39, 0.29) is 71.8 Å². The molecule has 14 nitrogen and oxygen atoms in total.